The molecule has 2 aliphatic rings. The largest absolute Gasteiger partial charge is 0.494 e. The van der Waals surface area contributed by atoms with Crippen LogP contribution in [0.15, 0.2) is 78.9 Å². The fourth-order valence-corrected chi connectivity index (χ4v) is 6.05. The van der Waals surface area contributed by atoms with Crippen LogP contribution < -0.4 is 9.47 Å². The van der Waals surface area contributed by atoms with Crippen molar-refractivity contribution in [2.24, 2.45) is 0 Å². The van der Waals surface area contributed by atoms with E-state index in [1.54, 1.807) is 0 Å². The summed E-state index contributed by atoms with van der Waals surface area (Å²) in [6, 6.07) is 28.0. The number of rotatable bonds is 14. The maximum absolute atomic E-state index is 6.18. The highest BCUT2D eigenvalue weighted by atomic mass is 16.5. The third-order valence-corrected chi connectivity index (χ3v) is 8.28. The number of para-hydroxylation sites is 1. The van der Waals surface area contributed by atoms with E-state index in [1.807, 2.05) is 0 Å². The SMILES string of the molecule is c1ccc(C2COc3ccccc3C2c2ccc(OCCCCCCCCCCN3CCOCC3)cc2)cc1. The predicted octanol–water partition coefficient (Wildman–Crippen LogP) is 7.83. The summed E-state index contributed by atoms with van der Waals surface area (Å²) in [7, 11) is 0. The van der Waals surface area contributed by atoms with Crippen molar-refractivity contribution in [3.05, 3.63) is 95.6 Å². The summed E-state index contributed by atoms with van der Waals surface area (Å²) in [6.45, 7) is 6.80. The fourth-order valence-electron chi connectivity index (χ4n) is 6.05. The molecule has 2 unspecified atom stereocenters. The summed E-state index contributed by atoms with van der Waals surface area (Å²) in [5.41, 5.74) is 3.91. The van der Waals surface area contributed by atoms with Crippen molar-refractivity contribution in [2.45, 2.75) is 63.2 Å². The van der Waals surface area contributed by atoms with E-state index >= 15 is 0 Å². The first-order valence-corrected chi connectivity index (χ1v) is 15.2. The van der Waals surface area contributed by atoms with Gasteiger partial charge in [-0.3, -0.25) is 4.90 Å². The summed E-state index contributed by atoms with van der Waals surface area (Å²) in [4.78, 5) is 2.54. The van der Waals surface area contributed by atoms with Crippen LogP contribution in [0.25, 0.3) is 0 Å². The number of benzene rings is 3. The average molecular weight is 528 g/mol. The van der Waals surface area contributed by atoms with Crippen LogP contribution in [0.1, 0.15) is 79.9 Å². The van der Waals surface area contributed by atoms with Crippen molar-refractivity contribution >= 4 is 0 Å². The smallest absolute Gasteiger partial charge is 0.123 e. The van der Waals surface area contributed by atoms with E-state index in [1.165, 1.54) is 68.2 Å². The molecule has 2 atom stereocenters. The van der Waals surface area contributed by atoms with Crippen molar-refractivity contribution < 1.29 is 14.2 Å². The maximum atomic E-state index is 6.18. The third-order valence-electron chi connectivity index (χ3n) is 8.28. The summed E-state index contributed by atoms with van der Waals surface area (Å²) in [6.07, 6.45) is 10.5. The highest BCUT2D eigenvalue weighted by Crippen LogP contribution is 2.46. The molecule has 2 heterocycles. The van der Waals surface area contributed by atoms with Gasteiger partial charge in [-0.05, 0) is 48.7 Å². The summed E-state index contributed by atoms with van der Waals surface area (Å²) in [5.74, 6) is 2.53. The molecule has 3 aromatic carbocycles. The Morgan fingerprint density at radius 2 is 1.33 bits per heavy atom. The minimum absolute atomic E-state index is 0.269. The van der Waals surface area contributed by atoms with Gasteiger partial charge in [-0.2, -0.15) is 0 Å². The van der Waals surface area contributed by atoms with Gasteiger partial charge < -0.3 is 14.2 Å². The molecule has 4 nitrogen and oxygen atoms in total. The van der Waals surface area contributed by atoms with Gasteiger partial charge in [0.05, 0.1) is 26.4 Å². The van der Waals surface area contributed by atoms with Crippen LogP contribution in [0.4, 0.5) is 0 Å². The molecule has 1 fully saturated rings. The first-order valence-electron chi connectivity index (χ1n) is 15.2. The minimum atomic E-state index is 0.269. The van der Waals surface area contributed by atoms with Crippen molar-refractivity contribution in [2.75, 3.05) is 46.1 Å². The van der Waals surface area contributed by atoms with Crippen LogP contribution in [0.5, 0.6) is 11.5 Å². The van der Waals surface area contributed by atoms with Gasteiger partial charge >= 0.3 is 0 Å². The molecule has 0 aromatic heterocycles. The van der Waals surface area contributed by atoms with E-state index < -0.39 is 0 Å². The first-order chi connectivity index (χ1) is 19.4. The van der Waals surface area contributed by atoms with Crippen LogP contribution in [0.3, 0.4) is 0 Å². The van der Waals surface area contributed by atoms with E-state index in [2.05, 4.69) is 83.8 Å². The average Bonchev–Trinajstić information content (AvgIpc) is 3.00. The Kier molecular flexibility index (Phi) is 10.7. The number of fused-ring (bicyclic) bond motifs is 1. The standard InChI is InChI=1S/C35H45NO3/c1(3-5-12-22-36-23-26-37-27-24-36)2-4-6-13-25-38-31-20-18-30(19-21-31)35-32-16-10-11-17-34(32)39-28-33(35)29-14-8-7-9-15-29/h7-11,14-21,33,35H,1-6,12-13,22-28H2. The van der Waals surface area contributed by atoms with Crippen molar-refractivity contribution in [1.82, 2.24) is 4.90 Å². The molecule has 208 valence electrons. The Morgan fingerprint density at radius 3 is 2.10 bits per heavy atom. The molecular formula is C35H45NO3. The maximum Gasteiger partial charge on any atom is 0.123 e. The number of ether oxygens (including phenoxy) is 3. The lowest BCUT2D eigenvalue weighted by Gasteiger charge is -2.34. The topological polar surface area (TPSA) is 30.9 Å². The highest BCUT2D eigenvalue weighted by molar-refractivity contribution is 5.48. The van der Waals surface area contributed by atoms with Crippen LogP contribution in [0.2, 0.25) is 0 Å². The van der Waals surface area contributed by atoms with Crippen molar-refractivity contribution in [3.8, 4) is 11.5 Å². The van der Waals surface area contributed by atoms with Crippen LogP contribution in [0, 0.1) is 0 Å². The molecule has 0 aliphatic carbocycles. The van der Waals surface area contributed by atoms with Gasteiger partial charge in [-0.1, -0.05) is 99.2 Å². The lowest BCUT2D eigenvalue weighted by molar-refractivity contribution is 0.0371. The summed E-state index contributed by atoms with van der Waals surface area (Å²) < 4.78 is 17.7. The number of hydrogen-bond acceptors (Lipinski definition) is 4. The Morgan fingerprint density at radius 1 is 0.667 bits per heavy atom. The zero-order chi connectivity index (χ0) is 26.5. The molecule has 3 aromatic rings. The molecule has 0 N–H and O–H groups in total. The number of nitrogens with zero attached hydrogens (tertiary/aromatic N) is 1. The predicted molar refractivity (Wildman–Crippen MR) is 159 cm³/mol. The Bertz CT molecular complexity index is 1090. The van der Waals surface area contributed by atoms with Gasteiger partial charge in [0.2, 0.25) is 0 Å². The second-order valence-corrected chi connectivity index (χ2v) is 11.0. The normalized spacial score (nSPS) is 19.3. The number of morpholine rings is 1. The molecule has 1 saturated heterocycles. The van der Waals surface area contributed by atoms with Crippen LogP contribution in [-0.4, -0.2) is 51.0 Å². The van der Waals surface area contributed by atoms with Gasteiger partial charge in [-0.15, -0.1) is 0 Å². The second-order valence-electron chi connectivity index (χ2n) is 11.0. The van der Waals surface area contributed by atoms with Gasteiger partial charge in [0.1, 0.15) is 11.5 Å². The monoisotopic (exact) mass is 527 g/mol. The molecule has 2 aliphatic heterocycles. The molecule has 4 heteroatoms. The van der Waals surface area contributed by atoms with Gasteiger partial charge in [-0.25, -0.2) is 0 Å². The zero-order valence-corrected chi connectivity index (χ0v) is 23.4. The highest BCUT2D eigenvalue weighted by Gasteiger charge is 2.33. The van der Waals surface area contributed by atoms with Gasteiger partial charge in [0.15, 0.2) is 0 Å². The fraction of sp³-hybridized carbons (Fsp3) is 0.486. The van der Waals surface area contributed by atoms with Gasteiger partial charge in [0, 0.05) is 30.5 Å². The number of unbranched alkanes of at least 4 members (excludes halogenated alkanes) is 7. The van der Waals surface area contributed by atoms with Crippen molar-refractivity contribution in [1.29, 1.82) is 0 Å². The molecule has 0 bridgehead atoms. The van der Waals surface area contributed by atoms with Crippen LogP contribution in [-0.2, 0) is 4.74 Å². The van der Waals surface area contributed by atoms with Crippen LogP contribution >= 0.6 is 0 Å². The Labute approximate surface area is 235 Å². The molecule has 0 saturated carbocycles. The Balaban J connectivity index is 1.02. The quantitative estimate of drug-likeness (QED) is 0.200. The minimum Gasteiger partial charge on any atom is -0.494 e. The Hall–Kier alpha value is -2.82. The lowest BCUT2D eigenvalue weighted by atomic mass is 9.76. The molecule has 0 radical (unpaired) electrons. The number of hydrogen-bond donors (Lipinski definition) is 0. The first kappa shape index (κ1) is 27.7. The molecule has 5 rings (SSSR count). The molecule has 0 spiro atoms. The van der Waals surface area contributed by atoms with Gasteiger partial charge in [0.25, 0.3) is 0 Å². The van der Waals surface area contributed by atoms with E-state index in [9.17, 15) is 0 Å². The summed E-state index contributed by atoms with van der Waals surface area (Å²) in [5, 5.41) is 0. The zero-order valence-electron chi connectivity index (χ0n) is 23.4. The van der Waals surface area contributed by atoms with Crippen molar-refractivity contribution in [3.63, 3.8) is 0 Å². The molecular weight excluding hydrogens is 482 g/mol. The lowest BCUT2D eigenvalue weighted by Crippen LogP contribution is -2.36. The van der Waals surface area contributed by atoms with E-state index in [4.69, 9.17) is 14.2 Å². The third kappa shape index (κ3) is 8.09. The molecule has 0 amide bonds. The van der Waals surface area contributed by atoms with E-state index in [-0.39, 0.29) is 11.8 Å². The second kappa shape index (κ2) is 15.1. The van der Waals surface area contributed by atoms with E-state index in [0.717, 1.165) is 50.8 Å². The molecule has 39 heavy (non-hydrogen) atoms. The summed E-state index contributed by atoms with van der Waals surface area (Å²) >= 11 is 0. The van der Waals surface area contributed by atoms with E-state index in [0.29, 0.717) is 6.61 Å².